The van der Waals surface area contributed by atoms with Crippen LogP contribution in [0.25, 0.3) is 0 Å². The summed E-state index contributed by atoms with van der Waals surface area (Å²) in [6, 6.07) is 4.67. The Morgan fingerprint density at radius 2 is 2.11 bits per heavy atom. The molecule has 2 rings (SSSR count). The van der Waals surface area contributed by atoms with Gasteiger partial charge < -0.3 is 5.73 Å². The van der Waals surface area contributed by atoms with E-state index in [4.69, 9.17) is 17.3 Å². The number of non-ortho nitro benzene ring substituents is 1. The summed E-state index contributed by atoms with van der Waals surface area (Å²) in [6.07, 6.45) is 2.22. The van der Waals surface area contributed by atoms with Crippen LogP contribution in [0.3, 0.4) is 0 Å². The van der Waals surface area contributed by atoms with E-state index in [1.165, 1.54) is 12.1 Å². The predicted molar refractivity (Wildman–Crippen MR) is 75.2 cm³/mol. The van der Waals surface area contributed by atoms with Crippen LogP contribution in [0.2, 0.25) is 5.02 Å². The minimum Gasteiger partial charge on any atom is -0.330 e. The number of likely N-dealkylation sites (tertiary alicyclic amines) is 1. The van der Waals surface area contributed by atoms with Crippen LogP contribution in [-0.2, 0) is 6.54 Å². The van der Waals surface area contributed by atoms with Crippen LogP contribution in [0.5, 0.6) is 0 Å². The number of benzene rings is 1. The molecule has 6 heteroatoms. The van der Waals surface area contributed by atoms with Crippen molar-refractivity contribution in [1.29, 1.82) is 0 Å². The Morgan fingerprint density at radius 3 is 2.63 bits per heavy atom. The molecule has 0 aliphatic carbocycles. The van der Waals surface area contributed by atoms with Gasteiger partial charge in [0.2, 0.25) is 0 Å². The Bertz CT molecular complexity index is 459. The van der Waals surface area contributed by atoms with E-state index in [9.17, 15) is 10.1 Å². The van der Waals surface area contributed by atoms with Gasteiger partial charge >= 0.3 is 0 Å². The smallest absolute Gasteiger partial charge is 0.270 e. The maximum Gasteiger partial charge on any atom is 0.270 e. The minimum atomic E-state index is -0.428. The lowest BCUT2D eigenvalue weighted by Crippen LogP contribution is -2.35. The molecule has 0 saturated carbocycles. The number of rotatable bonds is 4. The molecule has 0 atom stereocenters. The molecule has 0 bridgehead atoms. The molecular formula is C13H18ClN3O2. The Kier molecular flexibility index (Phi) is 4.74. The summed E-state index contributed by atoms with van der Waals surface area (Å²) in [4.78, 5) is 12.5. The molecule has 0 spiro atoms. The normalized spacial score (nSPS) is 17.6. The van der Waals surface area contributed by atoms with Gasteiger partial charge in [-0.25, -0.2) is 0 Å². The quantitative estimate of drug-likeness (QED) is 0.680. The lowest BCUT2D eigenvalue weighted by molar-refractivity contribution is -0.384. The highest BCUT2D eigenvalue weighted by molar-refractivity contribution is 6.31. The van der Waals surface area contributed by atoms with Crippen LogP contribution in [0, 0.1) is 16.0 Å². The monoisotopic (exact) mass is 283 g/mol. The van der Waals surface area contributed by atoms with E-state index in [0.29, 0.717) is 10.9 Å². The predicted octanol–water partition coefficient (Wildman–Crippen LogP) is 2.42. The summed E-state index contributed by atoms with van der Waals surface area (Å²) >= 11 is 6.10. The summed E-state index contributed by atoms with van der Waals surface area (Å²) < 4.78 is 0. The number of nitro groups is 1. The number of piperidine rings is 1. The van der Waals surface area contributed by atoms with Crippen LogP contribution < -0.4 is 5.73 Å². The van der Waals surface area contributed by atoms with Crippen LogP contribution in [-0.4, -0.2) is 29.5 Å². The molecular weight excluding hydrogens is 266 g/mol. The third-order valence-electron chi connectivity index (χ3n) is 3.68. The molecule has 0 amide bonds. The van der Waals surface area contributed by atoms with E-state index in [1.54, 1.807) is 6.07 Å². The third-order valence-corrected chi connectivity index (χ3v) is 4.03. The highest BCUT2D eigenvalue weighted by Gasteiger charge is 2.19. The van der Waals surface area contributed by atoms with Gasteiger partial charge in [-0.1, -0.05) is 11.6 Å². The summed E-state index contributed by atoms with van der Waals surface area (Å²) in [5, 5.41) is 11.1. The second kappa shape index (κ2) is 6.32. The van der Waals surface area contributed by atoms with E-state index in [2.05, 4.69) is 4.90 Å². The zero-order valence-electron chi connectivity index (χ0n) is 10.7. The lowest BCUT2D eigenvalue weighted by Gasteiger charge is -2.31. The molecule has 5 nitrogen and oxygen atoms in total. The maximum atomic E-state index is 10.6. The number of nitrogens with two attached hydrogens (primary N) is 1. The molecule has 0 radical (unpaired) electrons. The van der Waals surface area contributed by atoms with Crippen LogP contribution in [0.1, 0.15) is 18.4 Å². The zero-order valence-corrected chi connectivity index (χ0v) is 11.5. The number of nitro benzene ring substituents is 1. The van der Waals surface area contributed by atoms with Gasteiger partial charge in [-0.2, -0.15) is 0 Å². The highest BCUT2D eigenvalue weighted by Crippen LogP contribution is 2.25. The van der Waals surface area contributed by atoms with Crippen LogP contribution >= 0.6 is 11.6 Å². The number of hydrogen-bond donors (Lipinski definition) is 1. The lowest BCUT2D eigenvalue weighted by atomic mass is 9.97. The fourth-order valence-corrected chi connectivity index (χ4v) is 2.63. The fourth-order valence-electron chi connectivity index (χ4n) is 2.40. The van der Waals surface area contributed by atoms with Gasteiger partial charge in [0.15, 0.2) is 0 Å². The minimum absolute atomic E-state index is 0.0376. The van der Waals surface area contributed by atoms with Gasteiger partial charge in [0.1, 0.15) is 0 Å². The Morgan fingerprint density at radius 1 is 1.42 bits per heavy atom. The number of hydrogen-bond acceptors (Lipinski definition) is 4. The van der Waals surface area contributed by atoms with E-state index >= 15 is 0 Å². The van der Waals surface area contributed by atoms with Crippen molar-refractivity contribution < 1.29 is 4.92 Å². The molecule has 0 unspecified atom stereocenters. The van der Waals surface area contributed by atoms with Gasteiger partial charge in [-0.15, -0.1) is 0 Å². The van der Waals surface area contributed by atoms with Crippen LogP contribution in [0.4, 0.5) is 5.69 Å². The second-order valence-electron chi connectivity index (χ2n) is 4.99. The van der Waals surface area contributed by atoms with Crippen molar-refractivity contribution in [2.75, 3.05) is 19.6 Å². The molecule has 1 fully saturated rings. The van der Waals surface area contributed by atoms with Crippen molar-refractivity contribution in [3.8, 4) is 0 Å². The van der Waals surface area contributed by atoms with Crippen LogP contribution in [0.15, 0.2) is 18.2 Å². The molecule has 1 aliphatic rings. The molecule has 19 heavy (non-hydrogen) atoms. The summed E-state index contributed by atoms with van der Waals surface area (Å²) in [5.74, 6) is 0.628. The first-order chi connectivity index (χ1) is 9.10. The second-order valence-corrected chi connectivity index (χ2v) is 5.40. The molecule has 1 heterocycles. The van der Waals surface area contributed by atoms with Gasteiger partial charge in [0, 0.05) is 18.7 Å². The largest absolute Gasteiger partial charge is 0.330 e. The average Bonchev–Trinajstić information content (AvgIpc) is 2.41. The summed E-state index contributed by atoms with van der Waals surface area (Å²) in [7, 11) is 0. The SMILES string of the molecule is NCC1CCN(Cc2ccc([N+](=O)[O-])cc2Cl)CC1. The van der Waals surface area contributed by atoms with E-state index in [-0.39, 0.29) is 5.69 Å². The van der Waals surface area contributed by atoms with Gasteiger partial charge in [-0.05, 0) is 50.0 Å². The van der Waals surface area contributed by atoms with Crippen molar-refractivity contribution in [3.05, 3.63) is 38.9 Å². The topological polar surface area (TPSA) is 72.4 Å². The van der Waals surface area contributed by atoms with Gasteiger partial charge in [0.05, 0.1) is 9.95 Å². The molecule has 1 aromatic carbocycles. The maximum absolute atomic E-state index is 10.6. The van der Waals surface area contributed by atoms with E-state index in [0.717, 1.165) is 44.6 Å². The van der Waals surface area contributed by atoms with E-state index in [1.807, 2.05) is 0 Å². The van der Waals surface area contributed by atoms with Gasteiger partial charge in [-0.3, -0.25) is 15.0 Å². The van der Waals surface area contributed by atoms with Crippen molar-refractivity contribution in [1.82, 2.24) is 4.90 Å². The summed E-state index contributed by atoms with van der Waals surface area (Å²) in [5.41, 5.74) is 6.65. The molecule has 1 saturated heterocycles. The van der Waals surface area contributed by atoms with Crippen molar-refractivity contribution in [2.24, 2.45) is 11.7 Å². The first-order valence-electron chi connectivity index (χ1n) is 6.45. The number of nitrogens with zero attached hydrogens (tertiary/aromatic N) is 2. The van der Waals surface area contributed by atoms with Crippen molar-refractivity contribution >= 4 is 17.3 Å². The van der Waals surface area contributed by atoms with Crippen molar-refractivity contribution in [3.63, 3.8) is 0 Å². The molecule has 1 aromatic rings. The Labute approximate surface area is 117 Å². The average molecular weight is 284 g/mol. The molecule has 0 aromatic heterocycles. The number of halogens is 1. The van der Waals surface area contributed by atoms with Gasteiger partial charge in [0.25, 0.3) is 5.69 Å². The van der Waals surface area contributed by atoms with E-state index < -0.39 is 4.92 Å². The van der Waals surface area contributed by atoms with Crippen molar-refractivity contribution in [2.45, 2.75) is 19.4 Å². The Balaban J connectivity index is 1.98. The standard InChI is InChI=1S/C13H18ClN3O2/c14-13-7-12(17(18)19)2-1-11(13)9-16-5-3-10(8-15)4-6-16/h1-2,7,10H,3-6,8-9,15H2. The summed E-state index contributed by atoms with van der Waals surface area (Å²) in [6.45, 7) is 3.52. The molecule has 1 aliphatic heterocycles. The first kappa shape index (κ1) is 14.2. The highest BCUT2D eigenvalue weighted by atomic mass is 35.5. The zero-order chi connectivity index (χ0) is 13.8. The third kappa shape index (κ3) is 3.65. The Hall–Kier alpha value is -1.17. The fraction of sp³-hybridized carbons (Fsp3) is 0.538. The molecule has 104 valence electrons. The first-order valence-corrected chi connectivity index (χ1v) is 6.83. The molecule has 2 N–H and O–H groups in total.